The molecule has 1 aromatic heterocycles. The Labute approximate surface area is 216 Å². The predicted octanol–water partition coefficient (Wildman–Crippen LogP) is 3.79. The van der Waals surface area contributed by atoms with Gasteiger partial charge in [0.1, 0.15) is 0 Å². The molecule has 4 heterocycles. The summed E-state index contributed by atoms with van der Waals surface area (Å²) in [7, 11) is 1.63. The van der Waals surface area contributed by atoms with Crippen LogP contribution in [0.15, 0.2) is 42.5 Å². The van der Waals surface area contributed by atoms with Crippen molar-refractivity contribution in [2.75, 3.05) is 40.0 Å². The lowest BCUT2D eigenvalue weighted by molar-refractivity contribution is -0.167. The van der Waals surface area contributed by atoms with E-state index in [1.807, 2.05) is 50.2 Å². The fourth-order valence-electron chi connectivity index (χ4n) is 6.41. The highest BCUT2D eigenvalue weighted by Crippen LogP contribution is 2.50. The number of piperazine rings is 1. The second-order valence-corrected chi connectivity index (χ2v) is 10.2. The molecule has 0 unspecified atom stereocenters. The highest BCUT2D eigenvalue weighted by Gasteiger charge is 2.56. The fourth-order valence-corrected chi connectivity index (χ4v) is 6.41. The topological polar surface area (TPSA) is 84.1 Å². The van der Waals surface area contributed by atoms with E-state index >= 15 is 0 Å². The van der Waals surface area contributed by atoms with Crippen molar-refractivity contribution in [3.63, 3.8) is 0 Å². The quantitative estimate of drug-likeness (QED) is 0.554. The number of ether oxygens (including phenoxy) is 3. The van der Waals surface area contributed by atoms with Gasteiger partial charge >= 0.3 is 0 Å². The van der Waals surface area contributed by atoms with Crippen molar-refractivity contribution in [2.24, 2.45) is 0 Å². The molecule has 0 bridgehead atoms. The Morgan fingerprint density at radius 2 is 2.00 bits per heavy atom. The zero-order valence-electron chi connectivity index (χ0n) is 21.6. The maximum absolute atomic E-state index is 14.2. The molecule has 2 fully saturated rings. The van der Waals surface area contributed by atoms with Crippen LogP contribution in [0.3, 0.4) is 0 Å². The summed E-state index contributed by atoms with van der Waals surface area (Å²) in [5.41, 5.74) is 2.55. The van der Waals surface area contributed by atoms with Crippen LogP contribution in [0, 0.1) is 0 Å². The van der Waals surface area contributed by atoms with E-state index in [0.717, 1.165) is 40.6 Å². The molecule has 2 aromatic carbocycles. The summed E-state index contributed by atoms with van der Waals surface area (Å²) < 4.78 is 17.5. The summed E-state index contributed by atoms with van der Waals surface area (Å²) in [5.74, 6) is 1.00. The number of fused-ring (bicyclic) bond motifs is 5. The van der Waals surface area contributed by atoms with Gasteiger partial charge in [-0.25, -0.2) is 0 Å². The molecule has 3 aliphatic heterocycles. The van der Waals surface area contributed by atoms with Crippen LogP contribution in [0.1, 0.15) is 49.4 Å². The highest BCUT2D eigenvalue weighted by atomic mass is 16.5. The molecule has 8 nitrogen and oxygen atoms in total. The number of carbonyl (C=O) groups excluding carboxylic acids is 2. The van der Waals surface area contributed by atoms with Crippen molar-refractivity contribution in [1.82, 2.24) is 14.8 Å². The van der Waals surface area contributed by atoms with Gasteiger partial charge in [0, 0.05) is 42.1 Å². The minimum Gasteiger partial charge on any atom is -0.493 e. The summed E-state index contributed by atoms with van der Waals surface area (Å²) in [5, 5.41) is 1.05. The van der Waals surface area contributed by atoms with Gasteiger partial charge in [-0.15, -0.1) is 0 Å². The van der Waals surface area contributed by atoms with Crippen molar-refractivity contribution in [2.45, 2.75) is 44.2 Å². The molecule has 8 heteroatoms. The molecule has 194 valence electrons. The van der Waals surface area contributed by atoms with Gasteiger partial charge in [0.25, 0.3) is 5.91 Å². The number of methoxy groups -OCH3 is 1. The van der Waals surface area contributed by atoms with Crippen LogP contribution in [-0.2, 0) is 19.9 Å². The second-order valence-electron chi connectivity index (χ2n) is 10.2. The molecule has 0 aliphatic carbocycles. The Kier molecular flexibility index (Phi) is 5.87. The minimum atomic E-state index is -1.14. The Morgan fingerprint density at radius 3 is 2.76 bits per heavy atom. The Balaban J connectivity index is 1.53. The Bertz CT molecular complexity index is 1360. The number of hydrogen-bond donors (Lipinski definition) is 1. The summed E-state index contributed by atoms with van der Waals surface area (Å²) in [6.07, 6.45) is 1.88. The van der Waals surface area contributed by atoms with Gasteiger partial charge in [-0.3, -0.25) is 9.59 Å². The van der Waals surface area contributed by atoms with Gasteiger partial charge in [0.05, 0.1) is 32.1 Å². The summed E-state index contributed by atoms with van der Waals surface area (Å²) >= 11 is 0. The maximum atomic E-state index is 14.2. The van der Waals surface area contributed by atoms with Crippen LogP contribution in [0.25, 0.3) is 10.9 Å². The molecule has 0 spiro atoms. The monoisotopic (exact) mass is 503 g/mol. The molecule has 2 amide bonds. The van der Waals surface area contributed by atoms with E-state index in [-0.39, 0.29) is 30.4 Å². The van der Waals surface area contributed by atoms with Gasteiger partial charge in [-0.2, -0.15) is 0 Å². The molecule has 0 radical (unpaired) electrons. The third-order valence-corrected chi connectivity index (χ3v) is 8.16. The minimum absolute atomic E-state index is 0.0176. The van der Waals surface area contributed by atoms with Crippen molar-refractivity contribution in [1.29, 1.82) is 0 Å². The highest BCUT2D eigenvalue weighted by molar-refractivity contribution is 6.01. The van der Waals surface area contributed by atoms with E-state index in [0.29, 0.717) is 37.8 Å². The zero-order valence-corrected chi connectivity index (χ0v) is 21.6. The molecular weight excluding hydrogens is 470 g/mol. The number of rotatable bonds is 6. The van der Waals surface area contributed by atoms with Crippen molar-refractivity contribution in [3.05, 3.63) is 59.3 Å². The first kappa shape index (κ1) is 23.9. The number of nitrogens with one attached hydrogen (secondary N) is 1. The molecule has 3 atom stereocenters. The average Bonchev–Trinajstić information content (AvgIpc) is 3.56. The van der Waals surface area contributed by atoms with Gasteiger partial charge < -0.3 is 29.0 Å². The largest absolute Gasteiger partial charge is 0.493 e. The van der Waals surface area contributed by atoms with E-state index in [2.05, 4.69) is 11.1 Å². The number of aromatic nitrogens is 1. The predicted molar refractivity (Wildman–Crippen MR) is 139 cm³/mol. The van der Waals surface area contributed by atoms with Gasteiger partial charge in [-0.1, -0.05) is 30.3 Å². The Morgan fingerprint density at radius 1 is 1.16 bits per heavy atom. The smallest absolute Gasteiger partial charge is 0.255 e. The fraction of sp³-hybridized carbons (Fsp3) is 0.448. The molecule has 1 N–H and O–H groups in total. The first-order valence-electron chi connectivity index (χ1n) is 13.1. The molecule has 3 aliphatic rings. The number of benzene rings is 2. The first-order valence-corrected chi connectivity index (χ1v) is 13.1. The number of carbonyl (C=O) groups is 2. The van der Waals surface area contributed by atoms with Gasteiger partial charge in [-0.05, 0) is 44.4 Å². The SMILES string of the molecule is CCOc1c(OC)cccc1[C@@H]1CN2C(=O)CN(C[C@@H]3CCCO3)C(=O)[C@]2(C)c2[nH]c3ccccc3c21. The van der Waals surface area contributed by atoms with Crippen LogP contribution in [0.5, 0.6) is 11.5 Å². The third-order valence-electron chi connectivity index (χ3n) is 8.16. The standard InChI is InChI=1S/C29H33N3O5/c1-4-36-26-19(11-7-13-23(26)35-3)21-16-32-24(33)17-31(15-18-9-8-14-37-18)28(34)29(32,2)27-25(21)20-10-5-6-12-22(20)30-27/h5-7,10-13,18,21,30H,4,8-9,14-17H2,1-3H3/t18-,21-,29-/m0/s1. The normalized spacial score (nSPS) is 25.4. The van der Waals surface area contributed by atoms with Crippen LogP contribution < -0.4 is 9.47 Å². The molecule has 37 heavy (non-hydrogen) atoms. The van der Waals surface area contributed by atoms with Crippen molar-refractivity contribution < 1.29 is 23.8 Å². The summed E-state index contributed by atoms with van der Waals surface area (Å²) in [6.45, 7) is 5.90. The summed E-state index contributed by atoms with van der Waals surface area (Å²) in [6, 6.07) is 14.0. The molecule has 0 saturated carbocycles. The number of H-pyrrole nitrogens is 1. The van der Waals surface area contributed by atoms with Crippen LogP contribution >= 0.6 is 0 Å². The molecule has 6 rings (SSSR count). The van der Waals surface area contributed by atoms with Crippen molar-refractivity contribution >= 4 is 22.7 Å². The molecule has 2 saturated heterocycles. The van der Waals surface area contributed by atoms with Crippen LogP contribution in [0.4, 0.5) is 0 Å². The lowest BCUT2D eigenvalue weighted by atomic mass is 9.76. The van der Waals surface area contributed by atoms with Crippen LogP contribution in [-0.4, -0.2) is 72.7 Å². The lowest BCUT2D eigenvalue weighted by Gasteiger charge is -2.51. The number of aromatic amines is 1. The van der Waals surface area contributed by atoms with Gasteiger partial charge in [0.15, 0.2) is 17.0 Å². The maximum Gasteiger partial charge on any atom is 0.255 e. The van der Waals surface area contributed by atoms with Crippen molar-refractivity contribution in [3.8, 4) is 11.5 Å². The van der Waals surface area contributed by atoms with E-state index in [1.165, 1.54) is 0 Å². The van der Waals surface area contributed by atoms with Gasteiger partial charge in [0.2, 0.25) is 5.91 Å². The van der Waals surface area contributed by atoms with E-state index in [4.69, 9.17) is 14.2 Å². The summed E-state index contributed by atoms with van der Waals surface area (Å²) in [4.78, 5) is 34.9. The lowest BCUT2D eigenvalue weighted by Crippen LogP contribution is -2.68. The number of nitrogens with zero attached hydrogens (tertiary/aromatic N) is 2. The second kappa shape index (κ2) is 9.10. The number of para-hydroxylation sites is 2. The van der Waals surface area contributed by atoms with Crippen LogP contribution in [0.2, 0.25) is 0 Å². The van der Waals surface area contributed by atoms with E-state index < -0.39 is 5.54 Å². The first-order chi connectivity index (χ1) is 18.0. The third kappa shape index (κ3) is 3.61. The number of hydrogen-bond acceptors (Lipinski definition) is 5. The molecule has 3 aromatic rings. The Hall–Kier alpha value is -3.52. The number of amides is 2. The van der Waals surface area contributed by atoms with E-state index in [1.54, 1.807) is 16.9 Å². The van der Waals surface area contributed by atoms with E-state index in [9.17, 15) is 9.59 Å². The zero-order chi connectivity index (χ0) is 25.7. The average molecular weight is 504 g/mol. The molecular formula is C29H33N3O5.